The Morgan fingerprint density at radius 1 is 1.23 bits per heavy atom. The number of nitrogens with zero attached hydrogens (tertiary/aromatic N) is 1. The fraction of sp³-hybridized carbons (Fsp3) is 0.385. The maximum atomic E-state index is 14.4. The van der Waals surface area contributed by atoms with E-state index in [4.69, 9.17) is 26.8 Å². The summed E-state index contributed by atoms with van der Waals surface area (Å²) in [6.45, 7) is 0.404. The largest absolute Gasteiger partial charge is 0.433 e. The van der Waals surface area contributed by atoms with Crippen molar-refractivity contribution in [3.05, 3.63) is 64.7 Å². The first-order chi connectivity index (χ1) is 18.4. The molecule has 2 aromatic rings. The van der Waals surface area contributed by atoms with Gasteiger partial charge in [-0.25, -0.2) is 8.78 Å². The number of amides is 3. The van der Waals surface area contributed by atoms with Gasteiger partial charge in [0, 0.05) is 12.0 Å². The number of nitrogens with one attached hydrogen (secondary N) is 2. The van der Waals surface area contributed by atoms with Crippen molar-refractivity contribution in [3.63, 3.8) is 0 Å². The van der Waals surface area contributed by atoms with Gasteiger partial charge in [0.1, 0.15) is 18.1 Å². The molecule has 0 aliphatic carbocycles. The summed E-state index contributed by atoms with van der Waals surface area (Å²) < 4.78 is 39.6. The van der Waals surface area contributed by atoms with Gasteiger partial charge in [0.25, 0.3) is 11.8 Å². The molecule has 0 aromatic heterocycles. The Labute approximate surface area is 227 Å². The number of rotatable bonds is 8. The molecule has 0 spiro atoms. The van der Waals surface area contributed by atoms with Gasteiger partial charge < -0.3 is 30.7 Å². The van der Waals surface area contributed by atoms with Crippen LogP contribution < -0.4 is 16.4 Å². The molecule has 0 bridgehead atoms. The predicted molar refractivity (Wildman–Crippen MR) is 136 cm³/mol. The fourth-order valence-electron chi connectivity index (χ4n) is 4.38. The number of likely N-dealkylation sites (tertiary alicyclic amines) is 1. The van der Waals surface area contributed by atoms with Crippen molar-refractivity contribution in [3.8, 4) is 0 Å². The average molecular weight is 565 g/mol. The van der Waals surface area contributed by atoms with Crippen LogP contribution in [-0.4, -0.2) is 65.5 Å². The maximum Gasteiger partial charge on any atom is 0.310 e. The highest BCUT2D eigenvalue weighted by atomic mass is 35.5. The highest BCUT2D eigenvalue weighted by molar-refractivity contribution is 6.33. The predicted octanol–water partition coefficient (Wildman–Crippen LogP) is 2.25. The maximum absolute atomic E-state index is 14.4. The summed E-state index contributed by atoms with van der Waals surface area (Å²) in [5.41, 5.74) is 6.81. The summed E-state index contributed by atoms with van der Waals surface area (Å²) in [4.78, 5) is 51.4. The van der Waals surface area contributed by atoms with E-state index in [0.29, 0.717) is 0 Å². The van der Waals surface area contributed by atoms with Gasteiger partial charge in [-0.05, 0) is 30.7 Å². The van der Waals surface area contributed by atoms with Gasteiger partial charge in [-0.2, -0.15) is 0 Å². The molecule has 0 saturated carbocycles. The van der Waals surface area contributed by atoms with Crippen molar-refractivity contribution in [2.75, 3.05) is 12.3 Å². The van der Waals surface area contributed by atoms with Crippen LogP contribution in [0.2, 0.25) is 5.02 Å². The van der Waals surface area contributed by atoms with Gasteiger partial charge in [0.05, 0.1) is 30.3 Å². The Bertz CT molecular complexity index is 1260. The number of benzene rings is 2. The summed E-state index contributed by atoms with van der Waals surface area (Å²) in [5.74, 6) is -6.40. The molecule has 208 valence electrons. The number of anilines is 1. The first kappa shape index (κ1) is 28.2. The molecule has 39 heavy (non-hydrogen) atoms. The van der Waals surface area contributed by atoms with Crippen LogP contribution in [0.3, 0.4) is 0 Å². The van der Waals surface area contributed by atoms with E-state index in [1.165, 1.54) is 25.1 Å². The molecular formula is C26H27ClF2N4O6. The molecule has 10 nitrogen and oxygen atoms in total. The van der Waals surface area contributed by atoms with Crippen molar-refractivity contribution in [2.24, 2.45) is 0 Å². The monoisotopic (exact) mass is 564 g/mol. The smallest absolute Gasteiger partial charge is 0.310 e. The summed E-state index contributed by atoms with van der Waals surface area (Å²) in [7, 11) is 0. The van der Waals surface area contributed by atoms with E-state index < -0.39 is 67.0 Å². The highest BCUT2D eigenvalue weighted by Crippen LogP contribution is 2.33. The number of halogens is 3. The van der Waals surface area contributed by atoms with Crippen molar-refractivity contribution in [2.45, 2.75) is 56.7 Å². The Kier molecular flexibility index (Phi) is 8.36. The second-order valence-corrected chi connectivity index (χ2v) is 9.85. The molecule has 2 heterocycles. The molecule has 13 heteroatoms. The number of esters is 1. The molecule has 2 aromatic carbocycles. The molecule has 3 unspecified atom stereocenters. The number of ether oxygens (including phenoxy) is 2. The van der Waals surface area contributed by atoms with Crippen LogP contribution in [0, 0.1) is 0 Å². The third-order valence-corrected chi connectivity index (χ3v) is 6.71. The zero-order valence-corrected chi connectivity index (χ0v) is 21.6. The topological polar surface area (TPSA) is 140 Å². The number of cyclic esters (lactones) is 1. The van der Waals surface area contributed by atoms with Gasteiger partial charge in [-0.1, -0.05) is 41.9 Å². The van der Waals surface area contributed by atoms with Gasteiger partial charge in [0.2, 0.25) is 18.1 Å². The minimum absolute atomic E-state index is 0.0910. The summed E-state index contributed by atoms with van der Waals surface area (Å²) >= 11 is 5.94. The summed E-state index contributed by atoms with van der Waals surface area (Å²) in [6, 6.07) is 9.45. The third-order valence-electron chi connectivity index (χ3n) is 6.38. The lowest BCUT2D eigenvalue weighted by Crippen LogP contribution is -2.54. The number of alkyl halides is 2. The van der Waals surface area contributed by atoms with Crippen LogP contribution in [0.15, 0.2) is 48.5 Å². The minimum Gasteiger partial charge on any atom is -0.433 e. The molecule has 4 rings (SSSR count). The van der Waals surface area contributed by atoms with Crippen LogP contribution in [0.4, 0.5) is 14.5 Å². The molecule has 2 aliphatic heterocycles. The normalized spacial score (nSPS) is 22.7. The lowest BCUT2D eigenvalue weighted by Gasteiger charge is -2.28. The fourth-order valence-corrected chi connectivity index (χ4v) is 4.56. The molecular weight excluding hydrogens is 538 g/mol. The quantitative estimate of drug-likeness (QED) is 0.330. The lowest BCUT2D eigenvalue weighted by molar-refractivity contribution is -0.168. The van der Waals surface area contributed by atoms with E-state index in [0.717, 1.165) is 10.5 Å². The molecule has 2 saturated heterocycles. The second kappa shape index (κ2) is 11.5. The standard InChI is InChI=1S/C26H27ClF2N4O6/c1-14(31-22(35)16-7-8-18(30)17(27)9-16)24(37)33-13-26(28,29)11-20(33)23(36)32-19-10-21(34)39-25(19)38-12-15-5-3-2-4-6-15/h2-9,14,19-20,25H,10-13,30H2,1H3,(H,31,35)(H,32,36)/t14?,19-,20?,25?/m0/s1. The van der Waals surface area contributed by atoms with E-state index >= 15 is 0 Å². The van der Waals surface area contributed by atoms with Crippen molar-refractivity contribution in [1.29, 1.82) is 0 Å². The molecule has 2 aliphatic rings. The zero-order chi connectivity index (χ0) is 28.3. The van der Waals surface area contributed by atoms with Crippen molar-refractivity contribution >= 4 is 41.0 Å². The number of nitrogens with two attached hydrogens (primary N) is 1. The van der Waals surface area contributed by atoms with E-state index in [2.05, 4.69) is 10.6 Å². The Balaban J connectivity index is 1.41. The Morgan fingerprint density at radius 3 is 2.64 bits per heavy atom. The number of carbonyl (C=O) groups excluding carboxylic acids is 4. The molecule has 4 atom stereocenters. The van der Waals surface area contributed by atoms with E-state index in [-0.39, 0.29) is 29.3 Å². The van der Waals surface area contributed by atoms with E-state index in [9.17, 15) is 28.0 Å². The number of carbonyl (C=O) groups is 4. The number of nitrogen functional groups attached to an aromatic ring is 1. The summed E-state index contributed by atoms with van der Waals surface area (Å²) in [5, 5.41) is 5.10. The zero-order valence-electron chi connectivity index (χ0n) is 20.9. The minimum atomic E-state index is -3.34. The van der Waals surface area contributed by atoms with Crippen molar-refractivity contribution < 1.29 is 37.4 Å². The molecule has 3 amide bonds. The summed E-state index contributed by atoms with van der Waals surface area (Å²) in [6.07, 6.45) is -2.27. The molecule has 4 N–H and O–H groups in total. The van der Waals surface area contributed by atoms with E-state index in [1.54, 1.807) is 24.3 Å². The van der Waals surface area contributed by atoms with Crippen LogP contribution >= 0.6 is 11.6 Å². The van der Waals surface area contributed by atoms with Gasteiger partial charge in [-0.15, -0.1) is 0 Å². The molecule has 2 fully saturated rings. The van der Waals surface area contributed by atoms with Crippen LogP contribution in [0.5, 0.6) is 0 Å². The van der Waals surface area contributed by atoms with Crippen LogP contribution in [0.1, 0.15) is 35.7 Å². The second-order valence-electron chi connectivity index (χ2n) is 9.45. The Morgan fingerprint density at radius 2 is 1.95 bits per heavy atom. The number of hydrogen-bond acceptors (Lipinski definition) is 7. The Hall–Kier alpha value is -3.77. The lowest BCUT2D eigenvalue weighted by atomic mass is 10.1. The van der Waals surface area contributed by atoms with Gasteiger partial charge >= 0.3 is 5.97 Å². The first-order valence-electron chi connectivity index (χ1n) is 12.1. The van der Waals surface area contributed by atoms with Crippen LogP contribution in [-0.2, 0) is 30.5 Å². The van der Waals surface area contributed by atoms with Gasteiger partial charge in [-0.3, -0.25) is 19.2 Å². The average Bonchev–Trinajstić information content (AvgIpc) is 3.42. The SMILES string of the molecule is CC(NC(=O)c1ccc(N)c(Cl)c1)C(=O)N1CC(F)(F)CC1C(=O)N[C@H]1CC(=O)OC1OCc1ccccc1. The van der Waals surface area contributed by atoms with Crippen LogP contribution in [0.25, 0.3) is 0 Å². The van der Waals surface area contributed by atoms with Gasteiger partial charge in [0.15, 0.2) is 0 Å². The highest BCUT2D eigenvalue weighted by Gasteiger charge is 2.51. The first-order valence-corrected chi connectivity index (χ1v) is 12.5. The molecule has 0 radical (unpaired) electrons. The number of hydrogen-bond donors (Lipinski definition) is 3. The van der Waals surface area contributed by atoms with E-state index in [1.807, 2.05) is 6.07 Å². The van der Waals surface area contributed by atoms with Crippen molar-refractivity contribution in [1.82, 2.24) is 15.5 Å². The third kappa shape index (κ3) is 6.82.